The van der Waals surface area contributed by atoms with Crippen molar-refractivity contribution in [3.63, 3.8) is 0 Å². The highest BCUT2D eigenvalue weighted by molar-refractivity contribution is 9.10. The minimum Gasteiger partial charge on any atom is -0.311 e. The summed E-state index contributed by atoms with van der Waals surface area (Å²) in [5, 5.41) is 4.42. The topological polar surface area (TPSA) is 24.9 Å². The van der Waals surface area contributed by atoms with Gasteiger partial charge in [-0.3, -0.25) is 4.98 Å². The fourth-order valence-electron chi connectivity index (χ4n) is 1.85. The third-order valence-corrected chi connectivity index (χ3v) is 4.09. The predicted molar refractivity (Wildman–Crippen MR) is 83.9 cm³/mol. The van der Waals surface area contributed by atoms with E-state index < -0.39 is 0 Å². The molecule has 0 saturated heterocycles. The molecule has 5 heteroatoms. The van der Waals surface area contributed by atoms with Gasteiger partial charge in [0.15, 0.2) is 0 Å². The Labute approximate surface area is 131 Å². The highest BCUT2D eigenvalue weighted by Crippen LogP contribution is 2.25. The van der Waals surface area contributed by atoms with Crippen LogP contribution in [0.2, 0.25) is 10.0 Å². The van der Waals surface area contributed by atoms with Crippen LogP contribution < -0.4 is 5.32 Å². The molecule has 0 bridgehead atoms. The fourth-order valence-corrected chi connectivity index (χ4v) is 2.41. The van der Waals surface area contributed by atoms with Crippen LogP contribution in [0, 0.1) is 0 Å². The van der Waals surface area contributed by atoms with Crippen molar-refractivity contribution in [1.82, 2.24) is 10.3 Å². The molecule has 0 aliphatic carbocycles. The molecule has 1 aromatic carbocycles. The van der Waals surface area contributed by atoms with Gasteiger partial charge in [0, 0.05) is 10.7 Å². The summed E-state index contributed by atoms with van der Waals surface area (Å²) in [4.78, 5) is 4.42. The Morgan fingerprint density at radius 1 is 1.21 bits per heavy atom. The summed E-state index contributed by atoms with van der Waals surface area (Å²) in [5.74, 6) is 0. The number of halogens is 3. The molecule has 2 rings (SSSR count). The summed E-state index contributed by atoms with van der Waals surface area (Å²) in [6.45, 7) is 0. The zero-order chi connectivity index (χ0) is 13.8. The van der Waals surface area contributed by atoms with Gasteiger partial charge in [-0.05, 0) is 59.2 Å². The molecule has 100 valence electrons. The van der Waals surface area contributed by atoms with E-state index in [0.717, 1.165) is 22.2 Å². The maximum Gasteiger partial charge on any atom is 0.0595 e. The highest BCUT2D eigenvalue weighted by Gasteiger charge is 2.12. The van der Waals surface area contributed by atoms with Gasteiger partial charge in [0.25, 0.3) is 0 Å². The quantitative estimate of drug-likeness (QED) is 0.859. The molecule has 2 aromatic rings. The minimum absolute atomic E-state index is 0.144. The molecule has 0 spiro atoms. The Hall–Kier alpha value is -0.610. The molecule has 0 radical (unpaired) electrons. The van der Waals surface area contributed by atoms with Crippen LogP contribution in [0.4, 0.5) is 0 Å². The molecule has 0 aliphatic heterocycles. The second-order valence-corrected chi connectivity index (χ2v) is 5.93. The molecule has 0 saturated carbocycles. The van der Waals surface area contributed by atoms with Gasteiger partial charge in [-0.1, -0.05) is 29.3 Å². The average Bonchev–Trinajstić information content (AvgIpc) is 2.41. The van der Waals surface area contributed by atoms with Crippen molar-refractivity contribution >= 4 is 39.1 Å². The van der Waals surface area contributed by atoms with E-state index in [1.165, 1.54) is 0 Å². The first-order chi connectivity index (χ1) is 9.10. The van der Waals surface area contributed by atoms with E-state index >= 15 is 0 Å². The van der Waals surface area contributed by atoms with Gasteiger partial charge in [-0.2, -0.15) is 0 Å². The van der Waals surface area contributed by atoms with Crippen LogP contribution in [0.1, 0.15) is 17.3 Å². The molecule has 1 aromatic heterocycles. The van der Waals surface area contributed by atoms with Crippen molar-refractivity contribution in [2.24, 2.45) is 0 Å². The van der Waals surface area contributed by atoms with Crippen LogP contribution >= 0.6 is 39.1 Å². The summed E-state index contributed by atoms with van der Waals surface area (Å²) in [5.41, 5.74) is 2.12. The van der Waals surface area contributed by atoms with E-state index in [1.54, 1.807) is 6.20 Å². The van der Waals surface area contributed by atoms with E-state index in [9.17, 15) is 0 Å². The summed E-state index contributed by atoms with van der Waals surface area (Å²) >= 11 is 15.3. The molecule has 1 N–H and O–H groups in total. The zero-order valence-corrected chi connectivity index (χ0v) is 13.4. The summed E-state index contributed by atoms with van der Waals surface area (Å²) < 4.78 is 0.973. The van der Waals surface area contributed by atoms with Crippen LogP contribution in [-0.4, -0.2) is 12.0 Å². The van der Waals surface area contributed by atoms with Gasteiger partial charge in [-0.25, -0.2) is 0 Å². The number of nitrogens with zero attached hydrogens (tertiary/aromatic N) is 1. The van der Waals surface area contributed by atoms with E-state index in [-0.39, 0.29) is 6.04 Å². The maximum absolute atomic E-state index is 6.03. The molecule has 1 atom stereocenters. The number of pyridine rings is 1. The number of aromatic nitrogens is 1. The van der Waals surface area contributed by atoms with Crippen molar-refractivity contribution in [1.29, 1.82) is 0 Å². The molecule has 0 fully saturated rings. The smallest absolute Gasteiger partial charge is 0.0595 e. The van der Waals surface area contributed by atoms with Gasteiger partial charge < -0.3 is 5.32 Å². The molecule has 0 aliphatic rings. The second kappa shape index (κ2) is 6.71. The van der Waals surface area contributed by atoms with Crippen LogP contribution in [0.5, 0.6) is 0 Å². The third-order valence-electron chi connectivity index (χ3n) is 2.88. The van der Waals surface area contributed by atoms with E-state index in [2.05, 4.69) is 26.2 Å². The Balaban J connectivity index is 2.18. The number of benzene rings is 1. The number of likely N-dealkylation sites (N-methyl/N-ethyl adjacent to an activating group) is 1. The zero-order valence-electron chi connectivity index (χ0n) is 10.3. The Morgan fingerprint density at radius 3 is 2.58 bits per heavy atom. The van der Waals surface area contributed by atoms with Gasteiger partial charge in [0.1, 0.15) is 0 Å². The lowest BCUT2D eigenvalue weighted by atomic mass is 10.0. The van der Waals surface area contributed by atoms with E-state index in [1.807, 2.05) is 37.4 Å². The van der Waals surface area contributed by atoms with Crippen molar-refractivity contribution in [3.8, 4) is 0 Å². The SMILES string of the molecule is CNC(Cc1ccc(Cl)c(Cl)c1)c1ccc(Br)cn1. The largest absolute Gasteiger partial charge is 0.311 e. The van der Waals surface area contributed by atoms with Gasteiger partial charge in [-0.15, -0.1) is 0 Å². The maximum atomic E-state index is 6.03. The lowest BCUT2D eigenvalue weighted by Gasteiger charge is -2.16. The first-order valence-electron chi connectivity index (χ1n) is 5.83. The molecule has 1 heterocycles. The van der Waals surface area contributed by atoms with Crippen molar-refractivity contribution in [3.05, 3.63) is 62.3 Å². The molecular weight excluding hydrogens is 347 g/mol. The molecular formula is C14H13BrCl2N2. The van der Waals surface area contributed by atoms with Gasteiger partial charge >= 0.3 is 0 Å². The number of hydrogen-bond acceptors (Lipinski definition) is 2. The number of rotatable bonds is 4. The number of hydrogen-bond donors (Lipinski definition) is 1. The normalized spacial score (nSPS) is 12.4. The van der Waals surface area contributed by atoms with Gasteiger partial charge in [0.2, 0.25) is 0 Å². The second-order valence-electron chi connectivity index (χ2n) is 4.20. The Kier molecular flexibility index (Phi) is 5.22. The van der Waals surface area contributed by atoms with E-state index in [4.69, 9.17) is 23.2 Å². The Morgan fingerprint density at radius 2 is 2.00 bits per heavy atom. The predicted octanol–water partition coefficient (Wildman–Crippen LogP) is 4.65. The van der Waals surface area contributed by atoms with Crippen molar-refractivity contribution in [2.75, 3.05) is 7.05 Å². The minimum atomic E-state index is 0.144. The fraction of sp³-hybridized carbons (Fsp3) is 0.214. The van der Waals surface area contributed by atoms with Crippen LogP contribution in [0.15, 0.2) is 41.0 Å². The Bertz CT molecular complexity index is 558. The summed E-state index contributed by atoms with van der Waals surface area (Å²) in [6.07, 6.45) is 2.61. The monoisotopic (exact) mass is 358 g/mol. The first kappa shape index (κ1) is 14.8. The van der Waals surface area contributed by atoms with E-state index in [0.29, 0.717) is 10.0 Å². The average molecular weight is 360 g/mol. The molecule has 2 nitrogen and oxygen atoms in total. The third kappa shape index (κ3) is 3.93. The molecule has 0 amide bonds. The highest BCUT2D eigenvalue weighted by atomic mass is 79.9. The molecule has 1 unspecified atom stereocenters. The lowest BCUT2D eigenvalue weighted by Crippen LogP contribution is -2.19. The lowest BCUT2D eigenvalue weighted by molar-refractivity contribution is 0.576. The number of nitrogens with one attached hydrogen (secondary N) is 1. The van der Waals surface area contributed by atoms with Crippen molar-refractivity contribution in [2.45, 2.75) is 12.5 Å². The van der Waals surface area contributed by atoms with Gasteiger partial charge in [0.05, 0.1) is 21.8 Å². The summed E-state index contributed by atoms with van der Waals surface area (Å²) in [7, 11) is 1.92. The molecule has 19 heavy (non-hydrogen) atoms. The van der Waals surface area contributed by atoms with Crippen LogP contribution in [0.3, 0.4) is 0 Å². The van der Waals surface area contributed by atoms with Crippen molar-refractivity contribution < 1.29 is 0 Å². The van der Waals surface area contributed by atoms with Crippen LogP contribution in [0.25, 0.3) is 0 Å². The first-order valence-corrected chi connectivity index (χ1v) is 7.37. The van der Waals surface area contributed by atoms with Crippen LogP contribution in [-0.2, 0) is 6.42 Å². The standard InChI is InChI=1S/C14H13BrCl2N2/c1-18-14(13-5-3-10(15)8-19-13)7-9-2-4-11(16)12(17)6-9/h2-6,8,14,18H,7H2,1H3. The summed E-state index contributed by atoms with van der Waals surface area (Å²) in [6, 6.07) is 9.83.